The predicted molar refractivity (Wildman–Crippen MR) is 101 cm³/mol. The molecule has 4 rings (SSSR count). The summed E-state index contributed by atoms with van der Waals surface area (Å²) in [5, 5.41) is 3.43. The first kappa shape index (κ1) is 17.8. The van der Waals surface area contributed by atoms with Gasteiger partial charge in [-0.15, -0.1) is 12.4 Å². The van der Waals surface area contributed by atoms with E-state index in [9.17, 15) is 4.79 Å². The van der Waals surface area contributed by atoms with E-state index in [0.29, 0.717) is 17.2 Å². The lowest BCUT2D eigenvalue weighted by molar-refractivity contribution is -0.120. The zero-order valence-corrected chi connectivity index (χ0v) is 15.6. The summed E-state index contributed by atoms with van der Waals surface area (Å²) >= 11 is 0. The highest BCUT2D eigenvalue weighted by atomic mass is 35.5. The molecule has 1 aliphatic carbocycles. The zero-order chi connectivity index (χ0) is 16.0. The van der Waals surface area contributed by atoms with Crippen molar-refractivity contribution in [3.8, 4) is 0 Å². The van der Waals surface area contributed by atoms with Crippen molar-refractivity contribution in [2.24, 2.45) is 11.3 Å². The number of piperidine rings is 1. The van der Waals surface area contributed by atoms with Crippen LogP contribution in [-0.2, 0) is 11.2 Å². The van der Waals surface area contributed by atoms with Crippen LogP contribution >= 0.6 is 12.4 Å². The van der Waals surface area contributed by atoms with Gasteiger partial charge in [-0.1, -0.05) is 26.0 Å². The predicted octanol–water partition coefficient (Wildman–Crippen LogP) is 3.90. The number of halogens is 1. The minimum absolute atomic E-state index is 0. The van der Waals surface area contributed by atoms with Crippen molar-refractivity contribution in [3.05, 3.63) is 29.3 Å². The van der Waals surface area contributed by atoms with E-state index in [1.807, 2.05) is 0 Å². The number of nitrogens with one attached hydrogen (secondary N) is 1. The number of aryl methyl sites for hydroxylation is 1. The molecule has 1 saturated carbocycles. The van der Waals surface area contributed by atoms with Crippen molar-refractivity contribution in [1.82, 2.24) is 5.32 Å². The third-order valence-corrected chi connectivity index (χ3v) is 6.24. The summed E-state index contributed by atoms with van der Waals surface area (Å²) < 4.78 is 0. The number of nitrogens with zero attached hydrogens (tertiary/aromatic N) is 1. The number of anilines is 1. The lowest BCUT2D eigenvalue weighted by atomic mass is 9.90. The molecule has 3 nitrogen and oxygen atoms in total. The van der Waals surface area contributed by atoms with E-state index in [2.05, 4.69) is 42.3 Å². The molecule has 24 heavy (non-hydrogen) atoms. The Labute approximate surface area is 151 Å². The molecular weight excluding hydrogens is 320 g/mol. The number of hydrogen-bond acceptors (Lipinski definition) is 2. The van der Waals surface area contributed by atoms with Gasteiger partial charge >= 0.3 is 0 Å². The van der Waals surface area contributed by atoms with E-state index in [1.165, 1.54) is 29.7 Å². The lowest BCUT2D eigenvalue weighted by Crippen LogP contribution is -2.39. The molecule has 2 fully saturated rings. The first-order valence-electron chi connectivity index (χ1n) is 9.26. The Morgan fingerprint density at radius 3 is 2.75 bits per heavy atom. The topological polar surface area (TPSA) is 32.3 Å². The largest absolute Gasteiger partial charge is 0.317 e. The van der Waals surface area contributed by atoms with E-state index in [4.69, 9.17) is 0 Å². The number of benzene rings is 1. The molecule has 1 N–H and O–H groups in total. The van der Waals surface area contributed by atoms with Crippen LogP contribution in [0.3, 0.4) is 0 Å². The average molecular weight is 349 g/mol. The van der Waals surface area contributed by atoms with Gasteiger partial charge in [-0.25, -0.2) is 0 Å². The standard InChI is InChI=1S/C20H28N2O.ClH/c1-14(2)15-5-6-18-16(12-15)4-3-11-22(18)19(23)17-13-20(17)7-9-21-10-8-20;/h5-6,12,14,17,21H,3-4,7-11,13H2,1-2H3;1H. The maximum Gasteiger partial charge on any atom is 0.230 e. The summed E-state index contributed by atoms with van der Waals surface area (Å²) in [7, 11) is 0. The molecule has 1 saturated heterocycles. The van der Waals surface area contributed by atoms with Crippen LogP contribution < -0.4 is 10.2 Å². The van der Waals surface area contributed by atoms with Crippen LogP contribution in [0.5, 0.6) is 0 Å². The average Bonchev–Trinajstić information content (AvgIpc) is 3.26. The van der Waals surface area contributed by atoms with Crippen LogP contribution in [-0.4, -0.2) is 25.5 Å². The Morgan fingerprint density at radius 2 is 2.04 bits per heavy atom. The second-order valence-electron chi connectivity index (χ2n) is 8.01. The number of amides is 1. The van der Waals surface area contributed by atoms with Gasteiger partial charge in [-0.05, 0) is 73.7 Å². The van der Waals surface area contributed by atoms with Gasteiger partial charge in [-0.2, -0.15) is 0 Å². The second kappa shape index (κ2) is 6.68. The second-order valence-corrected chi connectivity index (χ2v) is 8.01. The van der Waals surface area contributed by atoms with E-state index in [1.54, 1.807) is 0 Å². The molecule has 1 spiro atoms. The van der Waals surface area contributed by atoms with Crippen molar-refractivity contribution in [2.45, 2.75) is 51.9 Å². The van der Waals surface area contributed by atoms with Gasteiger partial charge in [-0.3, -0.25) is 4.79 Å². The number of hydrogen-bond donors (Lipinski definition) is 1. The van der Waals surface area contributed by atoms with Gasteiger partial charge in [0.05, 0.1) is 0 Å². The molecule has 0 aromatic heterocycles. The summed E-state index contributed by atoms with van der Waals surface area (Å²) in [5.41, 5.74) is 4.27. The quantitative estimate of drug-likeness (QED) is 0.879. The SMILES string of the molecule is CC(C)c1ccc2c(c1)CCCN2C(=O)C1CC12CCNCC2.Cl. The van der Waals surface area contributed by atoms with Crippen LogP contribution in [0, 0.1) is 11.3 Å². The smallest absolute Gasteiger partial charge is 0.230 e. The molecule has 1 aromatic carbocycles. The fraction of sp³-hybridized carbons (Fsp3) is 0.650. The van der Waals surface area contributed by atoms with E-state index >= 15 is 0 Å². The maximum absolute atomic E-state index is 13.1. The van der Waals surface area contributed by atoms with Crippen LogP contribution in [0.25, 0.3) is 0 Å². The molecule has 2 heterocycles. The van der Waals surface area contributed by atoms with Gasteiger partial charge in [0.25, 0.3) is 0 Å². The van der Waals surface area contributed by atoms with Crippen molar-refractivity contribution in [2.75, 3.05) is 24.5 Å². The maximum atomic E-state index is 13.1. The third-order valence-electron chi connectivity index (χ3n) is 6.24. The summed E-state index contributed by atoms with van der Waals surface area (Å²) in [4.78, 5) is 15.2. The summed E-state index contributed by atoms with van der Waals surface area (Å²) in [6, 6.07) is 6.73. The fourth-order valence-corrected chi connectivity index (χ4v) is 4.57. The van der Waals surface area contributed by atoms with Crippen LogP contribution in [0.2, 0.25) is 0 Å². The number of rotatable bonds is 2. The van der Waals surface area contributed by atoms with Crippen molar-refractivity contribution < 1.29 is 4.79 Å². The number of carbonyl (C=O) groups is 1. The van der Waals surface area contributed by atoms with E-state index in [0.717, 1.165) is 38.9 Å². The van der Waals surface area contributed by atoms with Crippen molar-refractivity contribution >= 4 is 24.0 Å². The van der Waals surface area contributed by atoms with E-state index in [-0.39, 0.29) is 18.3 Å². The molecule has 4 heteroatoms. The van der Waals surface area contributed by atoms with Gasteiger partial charge in [0.2, 0.25) is 5.91 Å². The molecule has 132 valence electrons. The molecule has 1 aromatic rings. The van der Waals surface area contributed by atoms with Gasteiger partial charge < -0.3 is 10.2 Å². The minimum Gasteiger partial charge on any atom is -0.317 e. The molecule has 0 bridgehead atoms. The Bertz CT molecular complexity index is 622. The number of carbonyl (C=O) groups excluding carboxylic acids is 1. The van der Waals surface area contributed by atoms with Crippen LogP contribution in [0.15, 0.2) is 18.2 Å². The van der Waals surface area contributed by atoms with Crippen molar-refractivity contribution in [3.63, 3.8) is 0 Å². The molecule has 1 atom stereocenters. The lowest BCUT2D eigenvalue weighted by Gasteiger charge is -2.32. The summed E-state index contributed by atoms with van der Waals surface area (Å²) in [5.74, 6) is 1.22. The molecular formula is C20H29ClN2O. The number of fused-ring (bicyclic) bond motifs is 1. The third kappa shape index (κ3) is 2.97. The first-order valence-corrected chi connectivity index (χ1v) is 9.26. The molecule has 3 aliphatic rings. The van der Waals surface area contributed by atoms with Gasteiger partial charge in [0.15, 0.2) is 0 Å². The molecule has 0 radical (unpaired) electrons. The summed E-state index contributed by atoms with van der Waals surface area (Å²) in [6.45, 7) is 7.53. The van der Waals surface area contributed by atoms with Gasteiger partial charge in [0, 0.05) is 18.2 Å². The van der Waals surface area contributed by atoms with Crippen LogP contribution in [0.1, 0.15) is 56.6 Å². The first-order chi connectivity index (χ1) is 11.1. The van der Waals surface area contributed by atoms with E-state index < -0.39 is 0 Å². The Balaban J connectivity index is 0.00000169. The van der Waals surface area contributed by atoms with Crippen molar-refractivity contribution in [1.29, 1.82) is 0 Å². The molecule has 2 aliphatic heterocycles. The monoisotopic (exact) mass is 348 g/mol. The van der Waals surface area contributed by atoms with Gasteiger partial charge in [0.1, 0.15) is 0 Å². The summed E-state index contributed by atoms with van der Waals surface area (Å²) in [6.07, 6.45) is 5.68. The highest BCUT2D eigenvalue weighted by molar-refractivity contribution is 5.98. The normalized spacial score (nSPS) is 24.5. The molecule has 1 unspecified atom stereocenters. The Morgan fingerprint density at radius 1 is 1.29 bits per heavy atom. The highest BCUT2D eigenvalue weighted by Crippen LogP contribution is 2.59. The highest BCUT2D eigenvalue weighted by Gasteiger charge is 2.58. The zero-order valence-electron chi connectivity index (χ0n) is 14.8. The minimum atomic E-state index is 0. The fourth-order valence-electron chi connectivity index (χ4n) is 4.57. The Kier molecular flexibility index (Phi) is 4.94. The molecule has 1 amide bonds. The Hall–Kier alpha value is -1.06. The van der Waals surface area contributed by atoms with Crippen LogP contribution in [0.4, 0.5) is 5.69 Å².